The summed E-state index contributed by atoms with van der Waals surface area (Å²) in [6.07, 6.45) is 5.54. The second-order valence-electron chi connectivity index (χ2n) is 6.52. The van der Waals surface area contributed by atoms with Crippen molar-refractivity contribution < 1.29 is 0 Å². The first-order chi connectivity index (χ1) is 10.1. The topological polar surface area (TPSA) is 24.9 Å². The molecule has 3 rings (SSSR count). The van der Waals surface area contributed by atoms with Gasteiger partial charge in [0.05, 0.1) is 0 Å². The molecule has 1 heterocycles. The number of aromatic nitrogens is 1. The zero-order valence-corrected chi connectivity index (χ0v) is 14.0. The number of nitrogens with zero attached hydrogens (tertiary/aromatic N) is 1. The van der Waals surface area contributed by atoms with Crippen molar-refractivity contribution in [2.75, 3.05) is 0 Å². The molecule has 0 spiro atoms. The van der Waals surface area contributed by atoms with E-state index in [1.165, 1.54) is 33.9 Å². The molecule has 1 N–H and O–H groups in total. The van der Waals surface area contributed by atoms with Gasteiger partial charge in [0, 0.05) is 23.7 Å². The molecule has 1 aromatic heterocycles. The van der Waals surface area contributed by atoms with Crippen LogP contribution in [0.5, 0.6) is 0 Å². The number of aryl methyl sites for hydroxylation is 1. The van der Waals surface area contributed by atoms with Crippen LogP contribution in [0.2, 0.25) is 0 Å². The SMILES string of the molecule is CCc1cnc(CNC2CCC(C)(C)c3ccccc32)s1. The van der Waals surface area contributed by atoms with E-state index in [1.54, 1.807) is 0 Å². The highest BCUT2D eigenvalue weighted by atomic mass is 32.1. The molecule has 1 aliphatic rings. The third-order valence-electron chi connectivity index (χ3n) is 4.57. The first kappa shape index (κ1) is 14.7. The maximum Gasteiger partial charge on any atom is 0.107 e. The molecule has 2 aromatic rings. The van der Waals surface area contributed by atoms with Gasteiger partial charge in [0.25, 0.3) is 0 Å². The lowest BCUT2D eigenvalue weighted by Crippen LogP contribution is -2.32. The molecule has 0 fully saturated rings. The normalized spacial score (nSPS) is 20.2. The van der Waals surface area contributed by atoms with Crippen molar-refractivity contribution in [2.24, 2.45) is 0 Å². The lowest BCUT2D eigenvalue weighted by molar-refractivity contribution is 0.357. The summed E-state index contributed by atoms with van der Waals surface area (Å²) in [6.45, 7) is 7.78. The highest BCUT2D eigenvalue weighted by Crippen LogP contribution is 2.41. The standard InChI is InChI=1S/C18H24N2S/c1-4-13-11-20-17(21-13)12-19-16-9-10-18(2,3)15-8-6-5-7-14(15)16/h5-8,11,16,19H,4,9-10,12H2,1-3H3. The maximum absolute atomic E-state index is 4.51. The van der Waals surface area contributed by atoms with E-state index in [9.17, 15) is 0 Å². The van der Waals surface area contributed by atoms with Crippen LogP contribution in [0.15, 0.2) is 30.5 Å². The summed E-state index contributed by atoms with van der Waals surface area (Å²) in [5.41, 5.74) is 3.27. The molecule has 1 atom stereocenters. The van der Waals surface area contributed by atoms with Crippen molar-refractivity contribution in [1.82, 2.24) is 10.3 Å². The van der Waals surface area contributed by atoms with Gasteiger partial charge in [-0.3, -0.25) is 0 Å². The predicted octanol–water partition coefficient (Wildman–Crippen LogP) is 4.61. The Morgan fingerprint density at radius 1 is 1.33 bits per heavy atom. The second kappa shape index (κ2) is 5.90. The summed E-state index contributed by atoms with van der Waals surface area (Å²) in [7, 11) is 0. The van der Waals surface area contributed by atoms with Gasteiger partial charge in [0.1, 0.15) is 5.01 Å². The highest BCUT2D eigenvalue weighted by molar-refractivity contribution is 7.11. The van der Waals surface area contributed by atoms with E-state index in [2.05, 4.69) is 55.3 Å². The Hall–Kier alpha value is -1.19. The molecule has 112 valence electrons. The molecule has 1 aliphatic carbocycles. The van der Waals surface area contributed by atoms with Gasteiger partial charge in [0.15, 0.2) is 0 Å². The van der Waals surface area contributed by atoms with Gasteiger partial charge in [-0.05, 0) is 35.8 Å². The van der Waals surface area contributed by atoms with Crippen molar-refractivity contribution in [3.63, 3.8) is 0 Å². The van der Waals surface area contributed by atoms with Crippen molar-refractivity contribution in [3.8, 4) is 0 Å². The first-order valence-corrected chi connectivity index (χ1v) is 8.68. The van der Waals surface area contributed by atoms with Gasteiger partial charge in [0.2, 0.25) is 0 Å². The number of hydrogen-bond donors (Lipinski definition) is 1. The van der Waals surface area contributed by atoms with Crippen molar-refractivity contribution in [2.45, 2.75) is 58.0 Å². The minimum Gasteiger partial charge on any atom is -0.304 e. The minimum atomic E-state index is 0.297. The van der Waals surface area contributed by atoms with Crippen LogP contribution in [0.25, 0.3) is 0 Å². The minimum absolute atomic E-state index is 0.297. The lowest BCUT2D eigenvalue weighted by Gasteiger charge is -2.37. The second-order valence-corrected chi connectivity index (χ2v) is 7.72. The molecule has 1 unspecified atom stereocenters. The van der Waals surface area contributed by atoms with Gasteiger partial charge < -0.3 is 5.32 Å². The molecule has 1 aromatic carbocycles. The number of benzene rings is 1. The Balaban J connectivity index is 1.75. The van der Waals surface area contributed by atoms with E-state index in [1.807, 2.05) is 17.5 Å². The molecule has 3 heteroatoms. The van der Waals surface area contributed by atoms with E-state index in [4.69, 9.17) is 0 Å². The van der Waals surface area contributed by atoms with Gasteiger partial charge in [-0.1, -0.05) is 45.0 Å². The summed E-state index contributed by atoms with van der Waals surface area (Å²) < 4.78 is 0. The Morgan fingerprint density at radius 3 is 2.90 bits per heavy atom. The van der Waals surface area contributed by atoms with Crippen LogP contribution in [0.3, 0.4) is 0 Å². The van der Waals surface area contributed by atoms with E-state index < -0.39 is 0 Å². The van der Waals surface area contributed by atoms with E-state index in [0.29, 0.717) is 11.5 Å². The summed E-state index contributed by atoms with van der Waals surface area (Å²) in [4.78, 5) is 5.88. The van der Waals surface area contributed by atoms with Gasteiger partial charge >= 0.3 is 0 Å². The number of thiazole rings is 1. The van der Waals surface area contributed by atoms with Crippen LogP contribution in [0.4, 0.5) is 0 Å². The Labute approximate surface area is 131 Å². The van der Waals surface area contributed by atoms with E-state index in [-0.39, 0.29) is 0 Å². The molecular weight excluding hydrogens is 276 g/mol. The third kappa shape index (κ3) is 3.04. The molecule has 0 bridgehead atoms. The van der Waals surface area contributed by atoms with E-state index in [0.717, 1.165) is 13.0 Å². The zero-order chi connectivity index (χ0) is 14.9. The zero-order valence-electron chi connectivity index (χ0n) is 13.1. The molecule has 0 aliphatic heterocycles. The predicted molar refractivity (Wildman–Crippen MR) is 89.8 cm³/mol. The first-order valence-electron chi connectivity index (χ1n) is 7.86. The molecule has 2 nitrogen and oxygen atoms in total. The maximum atomic E-state index is 4.51. The van der Waals surface area contributed by atoms with Crippen LogP contribution < -0.4 is 5.32 Å². The summed E-state index contributed by atoms with van der Waals surface area (Å²) in [5.74, 6) is 0. The van der Waals surface area contributed by atoms with Gasteiger partial charge in [-0.15, -0.1) is 11.3 Å². The lowest BCUT2D eigenvalue weighted by atomic mass is 9.71. The Kier molecular flexibility index (Phi) is 4.14. The average molecular weight is 300 g/mol. The number of rotatable bonds is 4. The average Bonchev–Trinajstić information content (AvgIpc) is 2.95. The third-order valence-corrected chi connectivity index (χ3v) is 5.71. The van der Waals surface area contributed by atoms with Crippen LogP contribution >= 0.6 is 11.3 Å². The largest absolute Gasteiger partial charge is 0.304 e. The summed E-state index contributed by atoms with van der Waals surface area (Å²) >= 11 is 1.83. The van der Waals surface area contributed by atoms with Crippen LogP contribution in [-0.2, 0) is 18.4 Å². The van der Waals surface area contributed by atoms with E-state index >= 15 is 0 Å². The van der Waals surface area contributed by atoms with Crippen LogP contribution in [-0.4, -0.2) is 4.98 Å². The van der Waals surface area contributed by atoms with Gasteiger partial charge in [-0.2, -0.15) is 0 Å². The van der Waals surface area contributed by atoms with Gasteiger partial charge in [-0.25, -0.2) is 4.98 Å². The molecular formula is C18H24N2S. The molecule has 0 radical (unpaired) electrons. The fraction of sp³-hybridized carbons (Fsp3) is 0.500. The smallest absolute Gasteiger partial charge is 0.107 e. The summed E-state index contributed by atoms with van der Waals surface area (Å²) in [5, 5.41) is 4.92. The monoisotopic (exact) mass is 300 g/mol. The Bertz CT molecular complexity index is 615. The Morgan fingerprint density at radius 2 is 2.14 bits per heavy atom. The summed E-state index contributed by atoms with van der Waals surface area (Å²) in [6, 6.07) is 9.36. The van der Waals surface area contributed by atoms with Crippen LogP contribution in [0, 0.1) is 0 Å². The van der Waals surface area contributed by atoms with Crippen molar-refractivity contribution in [1.29, 1.82) is 0 Å². The molecule has 0 amide bonds. The highest BCUT2D eigenvalue weighted by Gasteiger charge is 2.31. The fourth-order valence-electron chi connectivity index (χ4n) is 3.23. The quantitative estimate of drug-likeness (QED) is 0.892. The molecule has 21 heavy (non-hydrogen) atoms. The number of fused-ring (bicyclic) bond motifs is 1. The number of nitrogens with one attached hydrogen (secondary N) is 1. The van der Waals surface area contributed by atoms with Crippen LogP contribution in [0.1, 0.15) is 60.7 Å². The molecule has 0 saturated heterocycles. The van der Waals surface area contributed by atoms with Crippen molar-refractivity contribution in [3.05, 3.63) is 51.5 Å². The van der Waals surface area contributed by atoms with Crippen molar-refractivity contribution >= 4 is 11.3 Å². The fourth-order valence-corrected chi connectivity index (χ4v) is 4.04. The number of hydrogen-bond acceptors (Lipinski definition) is 3. The molecule has 0 saturated carbocycles.